The molecule has 1 aliphatic carbocycles. The van der Waals surface area contributed by atoms with Crippen molar-refractivity contribution in [2.75, 3.05) is 6.54 Å². The second-order valence-corrected chi connectivity index (χ2v) is 3.75. The van der Waals surface area contributed by atoms with Gasteiger partial charge in [-0.15, -0.1) is 0 Å². The summed E-state index contributed by atoms with van der Waals surface area (Å²) in [5.41, 5.74) is 0. The lowest BCUT2D eigenvalue weighted by Gasteiger charge is -2.17. The van der Waals surface area contributed by atoms with Crippen molar-refractivity contribution in [3.8, 4) is 0 Å². The highest BCUT2D eigenvalue weighted by Gasteiger charge is 2.32. The maximum absolute atomic E-state index is 13.3. The first-order chi connectivity index (χ1) is 6.66. The number of hydrogen-bond donors (Lipinski definition) is 1. The molecule has 1 saturated carbocycles. The Hall–Kier alpha value is -0.970. The highest BCUT2D eigenvalue weighted by atomic mass is 19.3. The van der Waals surface area contributed by atoms with Crippen LogP contribution in [0.4, 0.5) is 8.78 Å². The van der Waals surface area contributed by atoms with Crippen molar-refractivity contribution < 1.29 is 8.78 Å². The van der Waals surface area contributed by atoms with Crippen molar-refractivity contribution in [2.45, 2.75) is 31.4 Å². The Morgan fingerprint density at radius 2 is 2.29 bits per heavy atom. The number of nitrogens with zero attached hydrogens (tertiary/aromatic N) is 2. The standard InChI is InChI=1S/C9H13F2N3/c10-9(11,5-13-8-1-2-8)6-14-4-3-12-7-14/h3-4,7-8,13H,1-2,5-6H2. The molecular formula is C9H13F2N3. The summed E-state index contributed by atoms with van der Waals surface area (Å²) in [5.74, 6) is -2.69. The fourth-order valence-electron chi connectivity index (χ4n) is 1.28. The minimum absolute atomic E-state index is 0.240. The second kappa shape index (κ2) is 3.65. The van der Waals surface area contributed by atoms with Gasteiger partial charge in [-0.1, -0.05) is 0 Å². The van der Waals surface area contributed by atoms with Gasteiger partial charge in [0.15, 0.2) is 0 Å². The van der Waals surface area contributed by atoms with Crippen molar-refractivity contribution in [1.29, 1.82) is 0 Å². The van der Waals surface area contributed by atoms with Gasteiger partial charge in [0.1, 0.15) is 0 Å². The lowest BCUT2D eigenvalue weighted by Crippen LogP contribution is -2.37. The third-order valence-electron chi connectivity index (χ3n) is 2.20. The van der Waals surface area contributed by atoms with Gasteiger partial charge in [0.05, 0.1) is 19.4 Å². The van der Waals surface area contributed by atoms with Crippen LogP contribution in [0.15, 0.2) is 18.7 Å². The average molecular weight is 201 g/mol. The number of alkyl halides is 2. The van der Waals surface area contributed by atoms with Gasteiger partial charge in [-0.3, -0.25) is 0 Å². The molecule has 1 fully saturated rings. The molecule has 0 amide bonds. The summed E-state index contributed by atoms with van der Waals surface area (Å²) in [5, 5.41) is 2.83. The van der Waals surface area contributed by atoms with Crippen molar-refractivity contribution in [1.82, 2.24) is 14.9 Å². The van der Waals surface area contributed by atoms with E-state index in [0.717, 1.165) is 12.8 Å². The van der Waals surface area contributed by atoms with E-state index in [4.69, 9.17) is 0 Å². The molecule has 2 rings (SSSR count). The van der Waals surface area contributed by atoms with Crippen LogP contribution in [0.25, 0.3) is 0 Å². The molecule has 0 saturated heterocycles. The van der Waals surface area contributed by atoms with Crippen LogP contribution in [-0.2, 0) is 6.54 Å². The average Bonchev–Trinajstić information content (AvgIpc) is 2.82. The highest BCUT2D eigenvalue weighted by Crippen LogP contribution is 2.21. The maximum Gasteiger partial charge on any atom is 0.277 e. The molecule has 0 bridgehead atoms. The molecule has 5 heteroatoms. The van der Waals surface area contributed by atoms with Gasteiger partial charge in [0, 0.05) is 18.4 Å². The lowest BCUT2D eigenvalue weighted by atomic mass is 10.3. The lowest BCUT2D eigenvalue weighted by molar-refractivity contribution is -0.0152. The van der Waals surface area contributed by atoms with Crippen LogP contribution in [0.5, 0.6) is 0 Å². The number of halogens is 2. The SMILES string of the molecule is FC(F)(CNC1CC1)Cn1ccnc1. The van der Waals surface area contributed by atoms with Crippen LogP contribution in [0, 0.1) is 0 Å². The van der Waals surface area contributed by atoms with Crippen LogP contribution in [-0.4, -0.2) is 28.1 Å². The molecule has 1 aromatic heterocycles. The Labute approximate surface area is 81.1 Å². The molecule has 0 aromatic carbocycles. The van der Waals surface area contributed by atoms with E-state index in [2.05, 4.69) is 10.3 Å². The van der Waals surface area contributed by atoms with E-state index < -0.39 is 5.92 Å². The molecule has 14 heavy (non-hydrogen) atoms. The molecule has 3 nitrogen and oxygen atoms in total. The monoisotopic (exact) mass is 201 g/mol. The zero-order valence-corrected chi connectivity index (χ0v) is 7.79. The Bertz CT molecular complexity index is 280. The summed E-state index contributed by atoms with van der Waals surface area (Å²) in [6.07, 6.45) is 6.52. The number of hydrogen-bond acceptors (Lipinski definition) is 2. The van der Waals surface area contributed by atoms with Crippen LogP contribution in [0.2, 0.25) is 0 Å². The van der Waals surface area contributed by atoms with Crippen LogP contribution < -0.4 is 5.32 Å². The number of imidazole rings is 1. The maximum atomic E-state index is 13.3. The van der Waals surface area contributed by atoms with Gasteiger partial charge in [0.2, 0.25) is 0 Å². The Kier molecular flexibility index (Phi) is 2.50. The van der Waals surface area contributed by atoms with Crippen molar-refractivity contribution in [2.24, 2.45) is 0 Å². The largest absolute Gasteiger partial charge is 0.331 e. The first-order valence-corrected chi connectivity index (χ1v) is 4.73. The Balaban J connectivity index is 1.81. The predicted octanol–water partition coefficient (Wildman–Crippen LogP) is 1.27. The normalized spacial score (nSPS) is 17.3. The van der Waals surface area contributed by atoms with Gasteiger partial charge in [-0.05, 0) is 12.8 Å². The summed E-state index contributed by atoms with van der Waals surface area (Å²) < 4.78 is 27.9. The summed E-state index contributed by atoms with van der Waals surface area (Å²) in [6, 6.07) is 0.323. The topological polar surface area (TPSA) is 29.9 Å². The van der Waals surface area contributed by atoms with Crippen molar-refractivity contribution in [3.63, 3.8) is 0 Å². The summed E-state index contributed by atoms with van der Waals surface area (Å²) in [4.78, 5) is 3.72. The molecule has 1 N–H and O–H groups in total. The molecule has 0 unspecified atom stereocenters. The van der Waals surface area contributed by atoms with Gasteiger partial charge in [-0.25, -0.2) is 13.8 Å². The Morgan fingerprint density at radius 1 is 1.50 bits per heavy atom. The van der Waals surface area contributed by atoms with E-state index in [1.165, 1.54) is 17.1 Å². The molecule has 0 radical (unpaired) electrons. The van der Waals surface area contributed by atoms with Gasteiger partial charge < -0.3 is 9.88 Å². The quantitative estimate of drug-likeness (QED) is 0.777. The summed E-state index contributed by atoms with van der Waals surface area (Å²) >= 11 is 0. The Morgan fingerprint density at radius 3 is 2.86 bits per heavy atom. The third-order valence-corrected chi connectivity index (χ3v) is 2.20. The molecule has 0 atom stereocenters. The van der Waals surface area contributed by atoms with Crippen molar-refractivity contribution >= 4 is 0 Å². The minimum atomic E-state index is -2.69. The van der Waals surface area contributed by atoms with E-state index in [-0.39, 0.29) is 13.1 Å². The van der Waals surface area contributed by atoms with Gasteiger partial charge in [0.25, 0.3) is 5.92 Å². The number of rotatable bonds is 5. The van der Waals surface area contributed by atoms with E-state index in [9.17, 15) is 8.78 Å². The molecule has 1 heterocycles. The second-order valence-electron chi connectivity index (χ2n) is 3.75. The number of nitrogens with one attached hydrogen (secondary N) is 1. The molecule has 0 aliphatic heterocycles. The molecular weight excluding hydrogens is 188 g/mol. The highest BCUT2D eigenvalue weighted by molar-refractivity contribution is 4.85. The van der Waals surface area contributed by atoms with E-state index in [1.807, 2.05) is 0 Å². The van der Waals surface area contributed by atoms with E-state index in [0.29, 0.717) is 6.04 Å². The van der Waals surface area contributed by atoms with Crippen molar-refractivity contribution in [3.05, 3.63) is 18.7 Å². The van der Waals surface area contributed by atoms with Gasteiger partial charge >= 0.3 is 0 Å². The molecule has 0 spiro atoms. The number of aromatic nitrogens is 2. The first kappa shape index (κ1) is 9.58. The third kappa shape index (κ3) is 2.77. The molecule has 1 aliphatic rings. The van der Waals surface area contributed by atoms with E-state index >= 15 is 0 Å². The predicted molar refractivity (Wildman–Crippen MR) is 48.2 cm³/mol. The van der Waals surface area contributed by atoms with E-state index in [1.54, 1.807) is 6.20 Å². The summed E-state index contributed by atoms with van der Waals surface area (Å²) in [7, 11) is 0. The molecule has 1 aromatic rings. The van der Waals surface area contributed by atoms with Crippen LogP contribution in [0.3, 0.4) is 0 Å². The minimum Gasteiger partial charge on any atom is -0.331 e. The zero-order valence-electron chi connectivity index (χ0n) is 7.79. The fraction of sp³-hybridized carbons (Fsp3) is 0.667. The van der Waals surface area contributed by atoms with Crippen LogP contribution in [0.1, 0.15) is 12.8 Å². The first-order valence-electron chi connectivity index (χ1n) is 4.73. The van der Waals surface area contributed by atoms with Gasteiger partial charge in [-0.2, -0.15) is 0 Å². The zero-order chi connectivity index (χ0) is 10.0. The fourth-order valence-corrected chi connectivity index (χ4v) is 1.28. The van der Waals surface area contributed by atoms with Crippen LogP contribution >= 0.6 is 0 Å². The summed E-state index contributed by atoms with van der Waals surface area (Å²) in [6.45, 7) is -0.539. The smallest absolute Gasteiger partial charge is 0.277 e. The molecule has 78 valence electrons.